The molecule has 4 heteroatoms. The van der Waals surface area contributed by atoms with E-state index in [2.05, 4.69) is 26.0 Å². The third kappa shape index (κ3) is 3.83. The molecule has 1 aromatic heterocycles. The summed E-state index contributed by atoms with van der Waals surface area (Å²) >= 11 is 0. The SMILES string of the molecule is c1cn(CCCN2CCNC(C3CCCCC3)C2)cn1. The minimum absolute atomic E-state index is 0.747. The minimum Gasteiger partial charge on any atom is -0.337 e. The molecule has 1 unspecified atom stereocenters. The molecule has 0 spiro atoms. The van der Waals surface area contributed by atoms with Crippen LogP contribution in [-0.2, 0) is 6.54 Å². The first-order valence-electron chi connectivity index (χ1n) is 8.33. The number of rotatable bonds is 5. The van der Waals surface area contributed by atoms with E-state index in [0.717, 1.165) is 18.5 Å². The molecule has 0 aromatic carbocycles. The van der Waals surface area contributed by atoms with Crippen LogP contribution in [0.2, 0.25) is 0 Å². The van der Waals surface area contributed by atoms with Crippen LogP contribution in [0.15, 0.2) is 18.7 Å². The van der Waals surface area contributed by atoms with Crippen LogP contribution in [0, 0.1) is 5.92 Å². The lowest BCUT2D eigenvalue weighted by atomic mass is 9.83. The number of nitrogens with zero attached hydrogens (tertiary/aromatic N) is 3. The zero-order valence-electron chi connectivity index (χ0n) is 12.5. The molecule has 1 saturated heterocycles. The fourth-order valence-corrected chi connectivity index (χ4v) is 3.79. The summed E-state index contributed by atoms with van der Waals surface area (Å²) in [6.45, 7) is 5.97. The summed E-state index contributed by atoms with van der Waals surface area (Å²) in [5.41, 5.74) is 0. The number of hydrogen-bond acceptors (Lipinski definition) is 3. The molecule has 1 atom stereocenters. The van der Waals surface area contributed by atoms with Gasteiger partial charge in [0, 0.05) is 44.6 Å². The molecule has 3 rings (SSSR count). The zero-order valence-corrected chi connectivity index (χ0v) is 12.5. The van der Waals surface area contributed by atoms with Gasteiger partial charge in [0.2, 0.25) is 0 Å². The van der Waals surface area contributed by atoms with Crippen LogP contribution in [0.4, 0.5) is 0 Å². The van der Waals surface area contributed by atoms with Crippen LogP contribution in [0.5, 0.6) is 0 Å². The quantitative estimate of drug-likeness (QED) is 0.894. The normalized spacial score (nSPS) is 25.9. The topological polar surface area (TPSA) is 33.1 Å². The van der Waals surface area contributed by atoms with Crippen LogP contribution >= 0.6 is 0 Å². The van der Waals surface area contributed by atoms with Crippen LogP contribution in [0.1, 0.15) is 38.5 Å². The molecule has 2 aliphatic rings. The molecular formula is C16H28N4. The van der Waals surface area contributed by atoms with Crippen LogP contribution in [0.3, 0.4) is 0 Å². The Labute approximate surface area is 122 Å². The highest BCUT2D eigenvalue weighted by Crippen LogP contribution is 2.27. The standard InChI is InChI=1S/C16H28N4/c1-2-5-15(6-3-1)16-13-19(12-8-18-16)9-4-10-20-11-7-17-14-20/h7,11,14-16,18H,1-6,8-10,12-13H2. The first kappa shape index (κ1) is 14.1. The molecule has 2 heterocycles. The van der Waals surface area contributed by atoms with Gasteiger partial charge in [-0.3, -0.25) is 0 Å². The molecule has 112 valence electrons. The molecule has 4 nitrogen and oxygen atoms in total. The van der Waals surface area contributed by atoms with Crippen molar-refractivity contribution in [1.82, 2.24) is 19.8 Å². The highest BCUT2D eigenvalue weighted by Gasteiger charge is 2.27. The summed E-state index contributed by atoms with van der Waals surface area (Å²) in [6.07, 6.45) is 14.3. The average molecular weight is 276 g/mol. The van der Waals surface area contributed by atoms with Crippen molar-refractivity contribution in [1.29, 1.82) is 0 Å². The molecule has 1 aliphatic heterocycles. The van der Waals surface area contributed by atoms with Crippen LogP contribution < -0.4 is 5.32 Å². The predicted octanol–water partition coefficient (Wildman–Crippen LogP) is 2.13. The lowest BCUT2D eigenvalue weighted by Gasteiger charge is -2.39. The summed E-state index contributed by atoms with van der Waals surface area (Å²) < 4.78 is 2.18. The first-order chi connectivity index (χ1) is 9.92. The fourth-order valence-electron chi connectivity index (χ4n) is 3.79. The van der Waals surface area contributed by atoms with Crippen molar-refractivity contribution in [3.63, 3.8) is 0 Å². The van der Waals surface area contributed by atoms with E-state index in [1.54, 1.807) is 0 Å². The van der Waals surface area contributed by atoms with Gasteiger partial charge in [-0.2, -0.15) is 0 Å². The zero-order chi connectivity index (χ0) is 13.6. The van der Waals surface area contributed by atoms with E-state index in [1.165, 1.54) is 64.7 Å². The van der Waals surface area contributed by atoms with Gasteiger partial charge in [-0.05, 0) is 31.7 Å². The smallest absolute Gasteiger partial charge is 0.0945 e. The van der Waals surface area contributed by atoms with E-state index in [0.29, 0.717) is 0 Å². The van der Waals surface area contributed by atoms with E-state index in [-0.39, 0.29) is 0 Å². The number of hydrogen-bond donors (Lipinski definition) is 1. The maximum Gasteiger partial charge on any atom is 0.0945 e. The molecule has 1 aromatic rings. The summed E-state index contributed by atoms with van der Waals surface area (Å²) in [6, 6.07) is 0.747. The van der Waals surface area contributed by atoms with Gasteiger partial charge >= 0.3 is 0 Å². The van der Waals surface area contributed by atoms with E-state index < -0.39 is 0 Å². The molecule has 0 amide bonds. The van der Waals surface area contributed by atoms with Gasteiger partial charge in [0.15, 0.2) is 0 Å². The van der Waals surface area contributed by atoms with E-state index in [1.807, 2.05) is 12.5 Å². The lowest BCUT2D eigenvalue weighted by Crippen LogP contribution is -2.54. The maximum absolute atomic E-state index is 4.10. The molecule has 1 aliphatic carbocycles. The number of aromatic nitrogens is 2. The lowest BCUT2D eigenvalue weighted by molar-refractivity contribution is 0.144. The molecule has 1 N–H and O–H groups in total. The van der Waals surface area contributed by atoms with Gasteiger partial charge in [-0.1, -0.05) is 19.3 Å². The van der Waals surface area contributed by atoms with Gasteiger partial charge in [0.25, 0.3) is 0 Å². The van der Waals surface area contributed by atoms with Gasteiger partial charge in [0.1, 0.15) is 0 Å². The van der Waals surface area contributed by atoms with Crippen molar-refractivity contribution in [2.45, 2.75) is 51.1 Å². The van der Waals surface area contributed by atoms with Crippen molar-refractivity contribution >= 4 is 0 Å². The largest absolute Gasteiger partial charge is 0.337 e. The van der Waals surface area contributed by atoms with E-state index in [4.69, 9.17) is 0 Å². The van der Waals surface area contributed by atoms with E-state index in [9.17, 15) is 0 Å². The molecular weight excluding hydrogens is 248 g/mol. The molecule has 0 radical (unpaired) electrons. The minimum atomic E-state index is 0.747. The van der Waals surface area contributed by atoms with Gasteiger partial charge < -0.3 is 14.8 Å². The Balaban J connectivity index is 1.40. The van der Waals surface area contributed by atoms with Crippen molar-refractivity contribution in [2.75, 3.05) is 26.2 Å². The second kappa shape index (κ2) is 7.23. The highest BCUT2D eigenvalue weighted by molar-refractivity contribution is 4.86. The Morgan fingerprint density at radius 2 is 2.05 bits per heavy atom. The summed E-state index contributed by atoms with van der Waals surface area (Å²) in [5.74, 6) is 0.931. The highest BCUT2D eigenvalue weighted by atomic mass is 15.2. The Kier molecular flexibility index (Phi) is 5.09. The van der Waals surface area contributed by atoms with Crippen LogP contribution in [-0.4, -0.2) is 46.7 Å². The third-order valence-electron chi connectivity index (χ3n) is 4.96. The van der Waals surface area contributed by atoms with Crippen molar-refractivity contribution in [2.24, 2.45) is 5.92 Å². The van der Waals surface area contributed by atoms with Crippen molar-refractivity contribution in [3.8, 4) is 0 Å². The van der Waals surface area contributed by atoms with Crippen molar-refractivity contribution in [3.05, 3.63) is 18.7 Å². The monoisotopic (exact) mass is 276 g/mol. The van der Waals surface area contributed by atoms with Crippen molar-refractivity contribution < 1.29 is 0 Å². The van der Waals surface area contributed by atoms with E-state index >= 15 is 0 Å². The molecule has 2 fully saturated rings. The Bertz CT molecular complexity index is 370. The average Bonchev–Trinajstić information content (AvgIpc) is 3.02. The predicted molar refractivity (Wildman–Crippen MR) is 81.6 cm³/mol. The second-order valence-electron chi connectivity index (χ2n) is 6.41. The van der Waals surface area contributed by atoms with Gasteiger partial charge in [-0.25, -0.2) is 4.98 Å². The summed E-state index contributed by atoms with van der Waals surface area (Å²) in [4.78, 5) is 6.76. The number of piperazine rings is 1. The Morgan fingerprint density at radius 3 is 2.85 bits per heavy atom. The number of imidazole rings is 1. The first-order valence-corrected chi connectivity index (χ1v) is 8.33. The van der Waals surface area contributed by atoms with Gasteiger partial charge in [0.05, 0.1) is 6.33 Å². The molecule has 0 bridgehead atoms. The summed E-state index contributed by atoms with van der Waals surface area (Å²) in [7, 11) is 0. The number of aryl methyl sites for hydroxylation is 1. The summed E-state index contributed by atoms with van der Waals surface area (Å²) in [5, 5.41) is 3.77. The van der Waals surface area contributed by atoms with Crippen LogP contribution in [0.25, 0.3) is 0 Å². The molecule has 1 saturated carbocycles. The number of nitrogens with one attached hydrogen (secondary N) is 1. The Hall–Kier alpha value is -0.870. The molecule has 20 heavy (non-hydrogen) atoms. The van der Waals surface area contributed by atoms with Gasteiger partial charge in [-0.15, -0.1) is 0 Å². The third-order valence-corrected chi connectivity index (χ3v) is 4.96. The second-order valence-corrected chi connectivity index (χ2v) is 6.41. The fraction of sp³-hybridized carbons (Fsp3) is 0.812. The Morgan fingerprint density at radius 1 is 1.15 bits per heavy atom. The maximum atomic E-state index is 4.10.